The lowest BCUT2D eigenvalue weighted by Gasteiger charge is -2.18. The Morgan fingerprint density at radius 2 is 1.79 bits per heavy atom. The Morgan fingerprint density at radius 1 is 1.08 bits per heavy atom. The lowest BCUT2D eigenvalue weighted by atomic mass is 10.1. The molecule has 0 aliphatic heterocycles. The van der Waals surface area contributed by atoms with Gasteiger partial charge >= 0.3 is 0 Å². The second kappa shape index (κ2) is 7.16. The SMILES string of the molecule is Cc1ccccc1Cc1nc2ccccc2n1C[C@H](O)CN(C)C. The van der Waals surface area contributed by atoms with Crippen molar-refractivity contribution in [2.45, 2.75) is 26.0 Å². The average Bonchev–Trinajstić information content (AvgIpc) is 2.86. The van der Waals surface area contributed by atoms with E-state index < -0.39 is 6.10 Å². The highest BCUT2D eigenvalue weighted by atomic mass is 16.3. The molecule has 0 saturated carbocycles. The fourth-order valence-electron chi connectivity index (χ4n) is 3.13. The topological polar surface area (TPSA) is 41.3 Å². The number of imidazole rings is 1. The summed E-state index contributed by atoms with van der Waals surface area (Å²) >= 11 is 0. The van der Waals surface area contributed by atoms with Crippen LogP contribution in [0, 0.1) is 6.92 Å². The average molecular weight is 323 g/mol. The fraction of sp³-hybridized carbons (Fsp3) is 0.350. The van der Waals surface area contributed by atoms with Crippen molar-refractivity contribution in [3.05, 3.63) is 65.5 Å². The maximum Gasteiger partial charge on any atom is 0.114 e. The van der Waals surface area contributed by atoms with E-state index in [9.17, 15) is 5.11 Å². The van der Waals surface area contributed by atoms with Gasteiger partial charge in [0.05, 0.1) is 23.7 Å². The van der Waals surface area contributed by atoms with E-state index in [0.29, 0.717) is 13.1 Å². The first-order valence-corrected chi connectivity index (χ1v) is 8.36. The maximum absolute atomic E-state index is 10.4. The molecule has 4 heteroatoms. The van der Waals surface area contributed by atoms with Crippen LogP contribution in [0.15, 0.2) is 48.5 Å². The van der Waals surface area contributed by atoms with Gasteiger partial charge in [-0.3, -0.25) is 0 Å². The summed E-state index contributed by atoms with van der Waals surface area (Å²) in [4.78, 5) is 6.82. The largest absolute Gasteiger partial charge is 0.390 e. The molecule has 1 N–H and O–H groups in total. The number of benzene rings is 2. The Morgan fingerprint density at radius 3 is 2.54 bits per heavy atom. The molecule has 2 aromatic carbocycles. The van der Waals surface area contributed by atoms with Crippen LogP contribution in [0.4, 0.5) is 0 Å². The van der Waals surface area contributed by atoms with Gasteiger partial charge in [-0.1, -0.05) is 36.4 Å². The summed E-state index contributed by atoms with van der Waals surface area (Å²) in [6.45, 7) is 3.32. The van der Waals surface area contributed by atoms with Crippen LogP contribution in [0.2, 0.25) is 0 Å². The molecule has 0 radical (unpaired) electrons. The monoisotopic (exact) mass is 323 g/mol. The number of aliphatic hydroxyl groups is 1. The summed E-state index contributed by atoms with van der Waals surface area (Å²) in [5.74, 6) is 1.00. The van der Waals surface area contributed by atoms with Gasteiger partial charge in [-0.05, 0) is 44.3 Å². The molecule has 0 fully saturated rings. The molecule has 0 spiro atoms. The molecule has 1 heterocycles. The summed E-state index contributed by atoms with van der Waals surface area (Å²) in [5, 5.41) is 10.4. The molecule has 1 aromatic heterocycles. The Kier molecular flexibility index (Phi) is 4.97. The zero-order valence-electron chi connectivity index (χ0n) is 14.6. The van der Waals surface area contributed by atoms with E-state index in [-0.39, 0.29) is 0 Å². The molecule has 0 saturated heterocycles. The van der Waals surface area contributed by atoms with E-state index in [1.807, 2.05) is 37.2 Å². The van der Waals surface area contributed by atoms with Crippen molar-refractivity contribution in [1.29, 1.82) is 0 Å². The van der Waals surface area contributed by atoms with Gasteiger partial charge in [-0.15, -0.1) is 0 Å². The molecule has 0 aliphatic rings. The van der Waals surface area contributed by atoms with Crippen molar-refractivity contribution >= 4 is 11.0 Å². The molecule has 3 rings (SSSR count). The van der Waals surface area contributed by atoms with Crippen molar-refractivity contribution in [3.8, 4) is 0 Å². The molecule has 0 unspecified atom stereocenters. The van der Waals surface area contributed by atoms with Crippen molar-refractivity contribution in [2.75, 3.05) is 20.6 Å². The normalized spacial score (nSPS) is 12.9. The maximum atomic E-state index is 10.4. The molecule has 1 atom stereocenters. The number of aliphatic hydroxyl groups excluding tert-OH is 1. The van der Waals surface area contributed by atoms with Gasteiger partial charge in [0, 0.05) is 13.0 Å². The summed E-state index contributed by atoms with van der Waals surface area (Å²) in [5.41, 5.74) is 4.61. The smallest absolute Gasteiger partial charge is 0.114 e. The van der Waals surface area contributed by atoms with E-state index >= 15 is 0 Å². The van der Waals surface area contributed by atoms with E-state index in [1.165, 1.54) is 11.1 Å². The van der Waals surface area contributed by atoms with E-state index in [1.54, 1.807) is 0 Å². The number of nitrogens with zero attached hydrogens (tertiary/aromatic N) is 3. The van der Waals surface area contributed by atoms with Crippen molar-refractivity contribution in [1.82, 2.24) is 14.5 Å². The van der Waals surface area contributed by atoms with Crippen LogP contribution >= 0.6 is 0 Å². The standard InChI is InChI=1S/C20H25N3O/c1-15-8-4-5-9-16(15)12-20-21-18-10-6-7-11-19(18)23(20)14-17(24)13-22(2)3/h4-11,17,24H,12-14H2,1-3H3/t17-/m1/s1. The highest BCUT2D eigenvalue weighted by molar-refractivity contribution is 5.76. The van der Waals surface area contributed by atoms with Gasteiger partial charge in [-0.2, -0.15) is 0 Å². The second-order valence-corrected chi connectivity index (χ2v) is 6.65. The van der Waals surface area contributed by atoms with E-state index in [0.717, 1.165) is 23.3 Å². The number of likely N-dealkylation sites (N-methyl/N-ethyl adjacent to an activating group) is 1. The predicted molar refractivity (Wildman–Crippen MR) is 98.3 cm³/mol. The van der Waals surface area contributed by atoms with Crippen LogP contribution in [0.25, 0.3) is 11.0 Å². The number of aryl methyl sites for hydroxylation is 1. The Bertz CT molecular complexity index is 823. The minimum absolute atomic E-state index is 0.423. The third-order valence-corrected chi connectivity index (χ3v) is 4.31. The molecule has 24 heavy (non-hydrogen) atoms. The number of rotatable bonds is 6. The van der Waals surface area contributed by atoms with Gasteiger partial charge in [0.2, 0.25) is 0 Å². The van der Waals surface area contributed by atoms with Crippen LogP contribution in [-0.2, 0) is 13.0 Å². The van der Waals surface area contributed by atoms with Crippen molar-refractivity contribution in [2.24, 2.45) is 0 Å². The highest BCUT2D eigenvalue weighted by Crippen LogP contribution is 2.20. The summed E-state index contributed by atoms with van der Waals surface area (Å²) in [6.07, 6.45) is 0.351. The first-order valence-electron chi connectivity index (χ1n) is 8.36. The van der Waals surface area contributed by atoms with Crippen LogP contribution in [0.3, 0.4) is 0 Å². The van der Waals surface area contributed by atoms with Crippen molar-refractivity contribution < 1.29 is 5.11 Å². The molecule has 3 aromatic rings. The molecule has 0 amide bonds. The van der Waals surface area contributed by atoms with Crippen LogP contribution in [0.5, 0.6) is 0 Å². The number of hydrogen-bond donors (Lipinski definition) is 1. The predicted octanol–water partition coefficient (Wildman–Crippen LogP) is 2.86. The summed E-state index contributed by atoms with van der Waals surface area (Å²) in [7, 11) is 3.95. The van der Waals surface area contributed by atoms with Crippen LogP contribution in [-0.4, -0.2) is 46.3 Å². The Hall–Kier alpha value is -2.17. The van der Waals surface area contributed by atoms with Gasteiger partial charge in [0.15, 0.2) is 0 Å². The zero-order valence-corrected chi connectivity index (χ0v) is 14.6. The Labute approximate surface area is 143 Å². The van der Waals surface area contributed by atoms with Gasteiger partial charge in [0.25, 0.3) is 0 Å². The van der Waals surface area contributed by atoms with Crippen LogP contribution in [0.1, 0.15) is 17.0 Å². The fourth-order valence-corrected chi connectivity index (χ4v) is 3.13. The summed E-state index contributed by atoms with van der Waals surface area (Å²) < 4.78 is 2.16. The second-order valence-electron chi connectivity index (χ2n) is 6.65. The highest BCUT2D eigenvalue weighted by Gasteiger charge is 2.15. The van der Waals surface area contributed by atoms with Gasteiger partial charge in [-0.25, -0.2) is 4.98 Å². The van der Waals surface area contributed by atoms with E-state index in [4.69, 9.17) is 4.98 Å². The number of hydrogen-bond acceptors (Lipinski definition) is 3. The van der Waals surface area contributed by atoms with Crippen molar-refractivity contribution in [3.63, 3.8) is 0 Å². The molecule has 4 nitrogen and oxygen atoms in total. The quantitative estimate of drug-likeness (QED) is 0.758. The molecular formula is C20H25N3O. The van der Waals surface area contributed by atoms with Gasteiger partial charge < -0.3 is 14.6 Å². The number of aromatic nitrogens is 2. The van der Waals surface area contributed by atoms with Crippen LogP contribution < -0.4 is 0 Å². The minimum Gasteiger partial charge on any atom is -0.390 e. The number of fused-ring (bicyclic) bond motifs is 1. The summed E-state index contributed by atoms with van der Waals surface area (Å²) in [6, 6.07) is 16.5. The molecular weight excluding hydrogens is 298 g/mol. The molecule has 126 valence electrons. The minimum atomic E-state index is -0.423. The third kappa shape index (κ3) is 3.66. The molecule has 0 aliphatic carbocycles. The lowest BCUT2D eigenvalue weighted by Crippen LogP contribution is -2.30. The first-order chi connectivity index (χ1) is 11.5. The third-order valence-electron chi connectivity index (χ3n) is 4.31. The van der Waals surface area contributed by atoms with Gasteiger partial charge in [0.1, 0.15) is 5.82 Å². The van der Waals surface area contributed by atoms with E-state index in [2.05, 4.69) is 41.8 Å². The number of para-hydroxylation sites is 2. The Balaban J connectivity index is 1.97. The lowest BCUT2D eigenvalue weighted by molar-refractivity contribution is 0.120. The first kappa shape index (κ1) is 16.7. The zero-order chi connectivity index (χ0) is 17.1. The molecule has 0 bridgehead atoms.